The summed E-state index contributed by atoms with van der Waals surface area (Å²) in [5.74, 6) is 0.373. The Morgan fingerprint density at radius 1 is 1.83 bits per heavy atom. The van der Waals surface area contributed by atoms with Crippen molar-refractivity contribution in [3.63, 3.8) is 0 Å². The first-order valence-corrected chi connectivity index (χ1v) is 4.25. The Labute approximate surface area is 72.7 Å². The Morgan fingerprint density at radius 2 is 2.50 bits per heavy atom. The van der Waals surface area contributed by atoms with Gasteiger partial charge in [0.05, 0.1) is 7.11 Å². The van der Waals surface area contributed by atoms with Crippen LogP contribution in [0.1, 0.15) is 13.3 Å². The standard InChI is InChI=1S/C8H16N2O2/c1-6(5-9)7-3-4-10(7)8(11)12-2/h6-7H,3-5,9H2,1-2H3. The summed E-state index contributed by atoms with van der Waals surface area (Å²) >= 11 is 0. The molecule has 0 aromatic heterocycles. The van der Waals surface area contributed by atoms with Crippen molar-refractivity contribution >= 4 is 6.09 Å². The fraction of sp³-hybridized carbons (Fsp3) is 0.875. The van der Waals surface area contributed by atoms with Crippen LogP contribution in [-0.4, -0.2) is 37.2 Å². The monoisotopic (exact) mass is 172 g/mol. The van der Waals surface area contributed by atoms with Crippen LogP contribution in [-0.2, 0) is 4.74 Å². The van der Waals surface area contributed by atoms with Crippen molar-refractivity contribution in [2.45, 2.75) is 19.4 Å². The molecule has 1 saturated heterocycles. The molecule has 1 rings (SSSR count). The highest BCUT2D eigenvalue weighted by Crippen LogP contribution is 2.24. The lowest BCUT2D eigenvalue weighted by molar-refractivity contribution is 0.0404. The van der Waals surface area contributed by atoms with Gasteiger partial charge in [-0.1, -0.05) is 6.92 Å². The van der Waals surface area contributed by atoms with Crippen molar-refractivity contribution in [1.29, 1.82) is 0 Å². The number of rotatable bonds is 2. The molecule has 0 saturated carbocycles. The molecule has 4 heteroatoms. The first kappa shape index (κ1) is 9.32. The second kappa shape index (κ2) is 3.76. The molecule has 0 aromatic carbocycles. The zero-order valence-electron chi connectivity index (χ0n) is 7.62. The lowest BCUT2D eigenvalue weighted by atomic mass is 9.91. The van der Waals surface area contributed by atoms with E-state index in [9.17, 15) is 4.79 Å². The molecule has 2 unspecified atom stereocenters. The third kappa shape index (κ3) is 1.53. The summed E-state index contributed by atoms with van der Waals surface area (Å²) in [6, 6.07) is 0.294. The SMILES string of the molecule is COC(=O)N1CCC1C(C)CN. The molecule has 1 heterocycles. The topological polar surface area (TPSA) is 55.6 Å². The van der Waals surface area contributed by atoms with Gasteiger partial charge in [-0.3, -0.25) is 0 Å². The van der Waals surface area contributed by atoms with Crippen LogP contribution in [0.15, 0.2) is 0 Å². The molecule has 2 atom stereocenters. The average Bonchev–Trinajstić information content (AvgIpc) is 2.02. The predicted octanol–water partition coefficient (Wildman–Crippen LogP) is 0.422. The van der Waals surface area contributed by atoms with Crippen molar-refractivity contribution in [2.24, 2.45) is 11.7 Å². The average molecular weight is 172 g/mol. The molecule has 0 bridgehead atoms. The third-order valence-electron chi connectivity index (χ3n) is 2.50. The second-order valence-corrected chi connectivity index (χ2v) is 3.23. The number of nitrogens with zero attached hydrogens (tertiary/aromatic N) is 1. The second-order valence-electron chi connectivity index (χ2n) is 3.23. The number of methoxy groups -OCH3 is 1. The number of nitrogens with two attached hydrogens (primary N) is 1. The molecule has 4 nitrogen and oxygen atoms in total. The summed E-state index contributed by atoms with van der Waals surface area (Å²) in [5, 5.41) is 0. The lowest BCUT2D eigenvalue weighted by Gasteiger charge is -2.42. The fourth-order valence-electron chi connectivity index (χ4n) is 1.50. The van der Waals surface area contributed by atoms with Crippen molar-refractivity contribution in [3.8, 4) is 0 Å². The maximum Gasteiger partial charge on any atom is 0.409 e. The molecule has 70 valence electrons. The quantitative estimate of drug-likeness (QED) is 0.656. The van der Waals surface area contributed by atoms with Gasteiger partial charge in [0.15, 0.2) is 0 Å². The van der Waals surface area contributed by atoms with Crippen molar-refractivity contribution in [2.75, 3.05) is 20.2 Å². The van der Waals surface area contributed by atoms with Crippen LogP contribution in [0.25, 0.3) is 0 Å². The van der Waals surface area contributed by atoms with Gasteiger partial charge in [0.1, 0.15) is 0 Å². The Balaban J connectivity index is 2.43. The van der Waals surface area contributed by atoms with E-state index in [-0.39, 0.29) is 6.09 Å². The zero-order valence-corrected chi connectivity index (χ0v) is 7.62. The van der Waals surface area contributed by atoms with Crippen molar-refractivity contribution in [1.82, 2.24) is 4.90 Å². The molecule has 1 aliphatic heterocycles. The number of ether oxygens (including phenoxy) is 1. The minimum absolute atomic E-state index is 0.230. The van der Waals surface area contributed by atoms with Gasteiger partial charge in [-0.15, -0.1) is 0 Å². The van der Waals surface area contributed by atoms with Crippen molar-refractivity contribution < 1.29 is 9.53 Å². The summed E-state index contributed by atoms with van der Waals surface area (Å²) in [4.78, 5) is 12.8. The summed E-state index contributed by atoms with van der Waals surface area (Å²) in [6.07, 6.45) is 0.819. The van der Waals surface area contributed by atoms with E-state index < -0.39 is 0 Å². The first-order chi connectivity index (χ1) is 5.70. The zero-order chi connectivity index (χ0) is 9.14. The van der Waals surface area contributed by atoms with Crippen LogP contribution >= 0.6 is 0 Å². The van der Waals surface area contributed by atoms with Crippen LogP contribution < -0.4 is 5.73 Å². The van der Waals surface area contributed by atoms with E-state index in [1.54, 1.807) is 4.90 Å². The number of hydrogen-bond donors (Lipinski definition) is 1. The van der Waals surface area contributed by atoms with E-state index in [0.29, 0.717) is 18.5 Å². The van der Waals surface area contributed by atoms with E-state index in [2.05, 4.69) is 11.7 Å². The fourth-order valence-corrected chi connectivity index (χ4v) is 1.50. The lowest BCUT2D eigenvalue weighted by Crippen LogP contribution is -2.55. The molecular formula is C8H16N2O2. The molecule has 1 aliphatic rings. The maximum absolute atomic E-state index is 11.1. The number of amides is 1. The van der Waals surface area contributed by atoms with E-state index in [1.165, 1.54) is 7.11 Å². The number of likely N-dealkylation sites (tertiary alicyclic amines) is 1. The predicted molar refractivity (Wildman–Crippen MR) is 45.7 cm³/mol. The number of carbonyl (C=O) groups is 1. The van der Waals surface area contributed by atoms with Crippen LogP contribution in [0, 0.1) is 5.92 Å². The summed E-state index contributed by atoms with van der Waals surface area (Å²) in [7, 11) is 1.41. The van der Waals surface area contributed by atoms with E-state index >= 15 is 0 Å². The maximum atomic E-state index is 11.1. The Morgan fingerprint density at radius 3 is 2.83 bits per heavy atom. The van der Waals surface area contributed by atoms with Gasteiger partial charge in [-0.25, -0.2) is 4.79 Å². The van der Waals surface area contributed by atoms with E-state index in [4.69, 9.17) is 5.73 Å². The van der Waals surface area contributed by atoms with Gasteiger partial charge in [-0.05, 0) is 18.9 Å². The largest absolute Gasteiger partial charge is 0.453 e. The molecule has 0 spiro atoms. The number of hydrogen-bond acceptors (Lipinski definition) is 3. The van der Waals surface area contributed by atoms with Crippen molar-refractivity contribution in [3.05, 3.63) is 0 Å². The van der Waals surface area contributed by atoms with Gasteiger partial charge in [0, 0.05) is 12.6 Å². The first-order valence-electron chi connectivity index (χ1n) is 4.25. The Bertz CT molecular complexity index is 172. The minimum atomic E-state index is -0.230. The molecule has 0 aromatic rings. The minimum Gasteiger partial charge on any atom is -0.453 e. The molecule has 0 aliphatic carbocycles. The molecular weight excluding hydrogens is 156 g/mol. The normalized spacial score (nSPS) is 24.6. The molecule has 0 radical (unpaired) electrons. The smallest absolute Gasteiger partial charge is 0.409 e. The molecule has 2 N–H and O–H groups in total. The Hall–Kier alpha value is -0.770. The van der Waals surface area contributed by atoms with Gasteiger partial charge in [0.25, 0.3) is 0 Å². The van der Waals surface area contributed by atoms with E-state index in [0.717, 1.165) is 13.0 Å². The van der Waals surface area contributed by atoms with Crippen LogP contribution in [0.2, 0.25) is 0 Å². The van der Waals surface area contributed by atoms with Gasteiger partial charge in [0.2, 0.25) is 0 Å². The summed E-state index contributed by atoms with van der Waals surface area (Å²) in [5.41, 5.74) is 5.51. The van der Waals surface area contributed by atoms with Crippen LogP contribution in [0.3, 0.4) is 0 Å². The summed E-state index contributed by atoms with van der Waals surface area (Å²) in [6.45, 7) is 3.49. The molecule has 1 fully saturated rings. The highest BCUT2D eigenvalue weighted by Gasteiger charge is 2.35. The Kier molecular flexibility index (Phi) is 2.92. The number of carbonyl (C=O) groups excluding carboxylic acids is 1. The highest BCUT2D eigenvalue weighted by molar-refractivity contribution is 5.68. The highest BCUT2D eigenvalue weighted by atomic mass is 16.5. The molecule has 12 heavy (non-hydrogen) atoms. The van der Waals surface area contributed by atoms with E-state index in [1.807, 2.05) is 0 Å². The third-order valence-corrected chi connectivity index (χ3v) is 2.50. The van der Waals surface area contributed by atoms with Gasteiger partial charge >= 0.3 is 6.09 Å². The summed E-state index contributed by atoms with van der Waals surface area (Å²) < 4.78 is 4.63. The van der Waals surface area contributed by atoms with Crippen LogP contribution in [0.5, 0.6) is 0 Å². The van der Waals surface area contributed by atoms with Gasteiger partial charge < -0.3 is 15.4 Å². The van der Waals surface area contributed by atoms with Crippen LogP contribution in [0.4, 0.5) is 4.79 Å². The van der Waals surface area contributed by atoms with Gasteiger partial charge in [-0.2, -0.15) is 0 Å². The molecule has 1 amide bonds.